The molecule has 1 atom stereocenters. The number of para-hydroxylation sites is 1. The molecule has 1 amide bonds. The average molecular weight is 497 g/mol. The van der Waals surface area contributed by atoms with Crippen LogP contribution in [-0.2, 0) is 21.9 Å². The number of anilines is 2. The topological polar surface area (TPSA) is 136 Å². The lowest BCUT2D eigenvalue weighted by atomic mass is 10.2. The van der Waals surface area contributed by atoms with Gasteiger partial charge in [0.2, 0.25) is 11.9 Å². The van der Waals surface area contributed by atoms with Crippen LogP contribution in [0, 0.1) is 0 Å². The molecule has 10 nitrogen and oxygen atoms in total. The number of nitrogens with zero attached hydrogens (tertiary/aromatic N) is 4. The number of carbonyl (C=O) groups is 1. The normalized spacial score (nSPS) is 12.3. The van der Waals surface area contributed by atoms with Crippen LogP contribution in [0.3, 0.4) is 0 Å². The fourth-order valence-corrected chi connectivity index (χ4v) is 4.84. The van der Waals surface area contributed by atoms with E-state index in [-0.39, 0.29) is 22.3 Å². The predicted molar refractivity (Wildman–Crippen MR) is 130 cm³/mol. The van der Waals surface area contributed by atoms with Gasteiger partial charge >= 0.3 is 0 Å². The summed E-state index contributed by atoms with van der Waals surface area (Å²) in [4.78, 5) is 37.5. The van der Waals surface area contributed by atoms with Gasteiger partial charge in [0.25, 0.3) is 15.6 Å². The molecule has 0 bridgehead atoms. The molecule has 0 aliphatic heterocycles. The fourth-order valence-electron chi connectivity index (χ4n) is 3.01. The van der Waals surface area contributed by atoms with Gasteiger partial charge in [0, 0.05) is 25.1 Å². The van der Waals surface area contributed by atoms with Gasteiger partial charge in [-0.3, -0.25) is 14.2 Å². The molecular formula is C22H20N6O4S2. The monoisotopic (exact) mass is 496 g/mol. The van der Waals surface area contributed by atoms with E-state index in [1.807, 2.05) is 0 Å². The zero-order chi connectivity index (χ0) is 24.3. The van der Waals surface area contributed by atoms with Crippen molar-refractivity contribution in [1.29, 1.82) is 0 Å². The number of amides is 1. The second-order valence-electron chi connectivity index (χ2n) is 7.23. The molecule has 0 aliphatic rings. The Bertz CT molecular complexity index is 1510. The van der Waals surface area contributed by atoms with Crippen LogP contribution in [0.25, 0.3) is 10.9 Å². The standard InChI is InChI=1S/C22H20N6O4S2/c1-14(33-22-26-18-7-4-3-6-17(18)20(30)28(22)2)19(29)25-15-8-10-16(11-9-15)34(31,32)27-21-23-12-5-13-24-21/h3-14H,1-2H3,(H,25,29)(H,23,24,27). The predicted octanol–water partition coefficient (Wildman–Crippen LogP) is 2.64. The molecule has 4 aromatic rings. The summed E-state index contributed by atoms with van der Waals surface area (Å²) in [5.74, 6) is -0.360. The summed E-state index contributed by atoms with van der Waals surface area (Å²) in [6, 6.07) is 14.3. The van der Waals surface area contributed by atoms with Gasteiger partial charge < -0.3 is 5.32 Å². The Morgan fingerprint density at radius 3 is 2.41 bits per heavy atom. The van der Waals surface area contributed by atoms with Crippen LogP contribution in [0.2, 0.25) is 0 Å². The third kappa shape index (κ3) is 5.07. The Morgan fingerprint density at radius 1 is 1.03 bits per heavy atom. The molecule has 0 radical (unpaired) electrons. The second kappa shape index (κ2) is 9.61. The minimum absolute atomic E-state index is 0.00395. The number of aromatic nitrogens is 4. The third-order valence-electron chi connectivity index (χ3n) is 4.82. The van der Waals surface area contributed by atoms with Crippen LogP contribution in [-0.4, -0.2) is 39.1 Å². The summed E-state index contributed by atoms with van der Waals surface area (Å²) in [6.07, 6.45) is 2.85. The van der Waals surface area contributed by atoms with Gasteiger partial charge in [-0.2, -0.15) is 0 Å². The molecule has 4 rings (SSSR count). The molecule has 34 heavy (non-hydrogen) atoms. The maximum atomic E-state index is 12.7. The summed E-state index contributed by atoms with van der Waals surface area (Å²) in [5.41, 5.74) is 0.798. The van der Waals surface area contributed by atoms with Gasteiger partial charge in [0.15, 0.2) is 5.16 Å². The first-order valence-electron chi connectivity index (χ1n) is 10.1. The van der Waals surface area contributed by atoms with E-state index < -0.39 is 15.3 Å². The minimum Gasteiger partial charge on any atom is -0.325 e. The molecule has 2 aromatic heterocycles. The molecule has 0 saturated carbocycles. The SMILES string of the molecule is CC(Sc1nc2ccccc2c(=O)n1C)C(=O)Nc1ccc(S(=O)(=O)Nc2ncccn2)cc1. The van der Waals surface area contributed by atoms with E-state index in [0.717, 1.165) is 11.8 Å². The maximum Gasteiger partial charge on any atom is 0.264 e. The molecule has 0 fully saturated rings. The maximum absolute atomic E-state index is 12.7. The summed E-state index contributed by atoms with van der Waals surface area (Å²) >= 11 is 1.16. The van der Waals surface area contributed by atoms with Crippen molar-refractivity contribution in [3.05, 3.63) is 77.3 Å². The van der Waals surface area contributed by atoms with Crippen molar-refractivity contribution in [3.8, 4) is 0 Å². The lowest BCUT2D eigenvalue weighted by Crippen LogP contribution is -2.25. The first-order chi connectivity index (χ1) is 16.2. The quantitative estimate of drug-likeness (QED) is 0.294. The molecule has 0 saturated heterocycles. The number of sulfonamides is 1. The highest BCUT2D eigenvalue weighted by atomic mass is 32.2. The lowest BCUT2D eigenvalue weighted by Gasteiger charge is -2.14. The largest absolute Gasteiger partial charge is 0.325 e. The summed E-state index contributed by atoms with van der Waals surface area (Å²) in [6.45, 7) is 1.70. The van der Waals surface area contributed by atoms with Crippen LogP contribution >= 0.6 is 11.8 Å². The molecular weight excluding hydrogens is 476 g/mol. The Hall–Kier alpha value is -3.77. The molecule has 174 valence electrons. The average Bonchev–Trinajstić information content (AvgIpc) is 2.83. The van der Waals surface area contributed by atoms with Crippen molar-refractivity contribution in [1.82, 2.24) is 19.5 Å². The highest BCUT2D eigenvalue weighted by Gasteiger charge is 2.19. The van der Waals surface area contributed by atoms with Gasteiger partial charge in [-0.25, -0.2) is 28.1 Å². The lowest BCUT2D eigenvalue weighted by molar-refractivity contribution is -0.115. The van der Waals surface area contributed by atoms with Crippen LogP contribution in [0.1, 0.15) is 6.92 Å². The van der Waals surface area contributed by atoms with Gasteiger partial charge in [-0.1, -0.05) is 23.9 Å². The van der Waals surface area contributed by atoms with Crippen molar-refractivity contribution in [2.24, 2.45) is 7.05 Å². The first kappa shape index (κ1) is 23.4. The van der Waals surface area contributed by atoms with Gasteiger partial charge in [0.05, 0.1) is 21.0 Å². The number of benzene rings is 2. The Morgan fingerprint density at radius 2 is 1.71 bits per heavy atom. The van der Waals surface area contributed by atoms with E-state index in [2.05, 4.69) is 25.0 Å². The Kier molecular flexibility index (Phi) is 6.61. The molecule has 1 unspecified atom stereocenters. The molecule has 0 spiro atoms. The molecule has 2 heterocycles. The number of hydrogen-bond donors (Lipinski definition) is 2. The van der Waals surface area contributed by atoms with Crippen molar-refractivity contribution in [2.45, 2.75) is 22.2 Å². The van der Waals surface area contributed by atoms with Gasteiger partial charge in [0.1, 0.15) is 0 Å². The van der Waals surface area contributed by atoms with Crippen molar-refractivity contribution in [2.75, 3.05) is 10.0 Å². The van der Waals surface area contributed by atoms with Crippen LogP contribution in [0.15, 0.2) is 81.8 Å². The summed E-state index contributed by atoms with van der Waals surface area (Å²) in [5, 5.41) is 3.10. The number of nitrogens with one attached hydrogen (secondary N) is 2. The second-order valence-corrected chi connectivity index (χ2v) is 10.2. The molecule has 12 heteroatoms. The number of fused-ring (bicyclic) bond motifs is 1. The molecule has 0 aliphatic carbocycles. The highest BCUT2D eigenvalue weighted by molar-refractivity contribution is 8.00. The van der Waals surface area contributed by atoms with Crippen molar-refractivity contribution < 1.29 is 13.2 Å². The van der Waals surface area contributed by atoms with E-state index in [1.54, 1.807) is 44.3 Å². The van der Waals surface area contributed by atoms with E-state index >= 15 is 0 Å². The van der Waals surface area contributed by atoms with Gasteiger partial charge in [-0.15, -0.1) is 0 Å². The molecule has 2 aromatic carbocycles. The van der Waals surface area contributed by atoms with E-state index in [9.17, 15) is 18.0 Å². The number of carbonyl (C=O) groups excluding carboxylic acids is 1. The van der Waals surface area contributed by atoms with Gasteiger partial charge in [-0.05, 0) is 49.4 Å². The number of thioether (sulfide) groups is 1. The van der Waals surface area contributed by atoms with E-state index in [4.69, 9.17) is 0 Å². The first-order valence-corrected chi connectivity index (χ1v) is 12.4. The van der Waals surface area contributed by atoms with Crippen LogP contribution in [0.5, 0.6) is 0 Å². The highest BCUT2D eigenvalue weighted by Crippen LogP contribution is 2.23. The van der Waals surface area contributed by atoms with Crippen LogP contribution < -0.4 is 15.6 Å². The Balaban J connectivity index is 1.44. The zero-order valence-electron chi connectivity index (χ0n) is 18.2. The van der Waals surface area contributed by atoms with Crippen LogP contribution in [0.4, 0.5) is 11.6 Å². The van der Waals surface area contributed by atoms with E-state index in [1.165, 1.54) is 41.2 Å². The third-order valence-corrected chi connectivity index (χ3v) is 7.30. The van der Waals surface area contributed by atoms with Crippen molar-refractivity contribution >= 4 is 50.2 Å². The minimum atomic E-state index is -3.87. The number of rotatable bonds is 7. The Labute approximate surface area is 199 Å². The fraction of sp³-hybridized carbons (Fsp3) is 0.136. The van der Waals surface area contributed by atoms with E-state index in [0.29, 0.717) is 21.7 Å². The van der Waals surface area contributed by atoms with Crippen molar-refractivity contribution in [3.63, 3.8) is 0 Å². The summed E-state index contributed by atoms with van der Waals surface area (Å²) in [7, 11) is -2.26. The molecule has 2 N–H and O–H groups in total. The smallest absolute Gasteiger partial charge is 0.264 e. The summed E-state index contributed by atoms with van der Waals surface area (Å²) < 4.78 is 28.7. The zero-order valence-corrected chi connectivity index (χ0v) is 19.8. The number of hydrogen-bond acceptors (Lipinski definition) is 8.